The highest BCUT2D eigenvalue weighted by Crippen LogP contribution is 2.33. The van der Waals surface area contributed by atoms with E-state index in [1.165, 1.54) is 0 Å². The summed E-state index contributed by atoms with van der Waals surface area (Å²) in [6.45, 7) is 16.4. The number of carboxylic acids is 1. The second kappa shape index (κ2) is 26.8. The first-order valence-electron chi connectivity index (χ1n) is 17.5. The molecule has 2 aliphatic rings. The molecule has 274 valence electrons. The van der Waals surface area contributed by atoms with Crippen LogP contribution in [0.3, 0.4) is 0 Å². The van der Waals surface area contributed by atoms with Crippen LogP contribution >= 0.6 is 11.8 Å². The van der Waals surface area contributed by atoms with Crippen molar-refractivity contribution >= 4 is 35.6 Å². The average molecular weight is 690 g/mol. The molecule has 3 atom stereocenters. The smallest absolute Gasteiger partial charge is 0.315 e. The molecular formula is C33H63N5O8S. The molecular weight excluding hydrogens is 626 g/mol. The van der Waals surface area contributed by atoms with Crippen LogP contribution < -0.4 is 21.3 Å². The maximum absolute atomic E-state index is 12.0. The zero-order chi connectivity index (χ0) is 34.9. The van der Waals surface area contributed by atoms with E-state index in [9.17, 15) is 19.2 Å². The number of hydrogen-bond donors (Lipinski definition) is 5. The van der Waals surface area contributed by atoms with Gasteiger partial charge in [0.2, 0.25) is 11.8 Å². The van der Waals surface area contributed by atoms with Gasteiger partial charge in [-0.1, -0.05) is 13.3 Å². The maximum atomic E-state index is 12.0. The minimum Gasteiger partial charge on any atom is -0.481 e. The number of thioether (sulfide) groups is 1. The van der Waals surface area contributed by atoms with Gasteiger partial charge in [-0.2, -0.15) is 11.8 Å². The Hall–Kier alpha value is -2.13. The Labute approximate surface area is 286 Å². The Bertz CT molecular complexity index is 874. The fourth-order valence-corrected chi connectivity index (χ4v) is 7.07. The molecule has 0 spiro atoms. The molecule has 3 unspecified atom stereocenters. The number of aliphatic carboxylic acids is 1. The van der Waals surface area contributed by atoms with Crippen molar-refractivity contribution in [2.24, 2.45) is 0 Å². The van der Waals surface area contributed by atoms with Gasteiger partial charge in [-0.15, -0.1) is 0 Å². The summed E-state index contributed by atoms with van der Waals surface area (Å²) in [4.78, 5) is 47.7. The number of hydrogen-bond acceptors (Lipinski definition) is 9. The van der Waals surface area contributed by atoms with Gasteiger partial charge >= 0.3 is 12.0 Å². The van der Waals surface area contributed by atoms with Crippen LogP contribution in [0.15, 0.2) is 0 Å². The lowest BCUT2D eigenvalue weighted by atomic mass is 10.0. The third-order valence-electron chi connectivity index (χ3n) is 7.89. The first-order valence-corrected chi connectivity index (χ1v) is 18.5. The van der Waals surface area contributed by atoms with Crippen LogP contribution in [-0.4, -0.2) is 128 Å². The van der Waals surface area contributed by atoms with E-state index in [4.69, 9.17) is 19.3 Å². The van der Waals surface area contributed by atoms with Crippen molar-refractivity contribution in [3.8, 4) is 0 Å². The molecule has 0 radical (unpaired) electrons. The molecule has 2 fully saturated rings. The van der Waals surface area contributed by atoms with Crippen LogP contribution in [0.25, 0.3) is 0 Å². The molecule has 5 N–H and O–H groups in total. The van der Waals surface area contributed by atoms with Crippen molar-refractivity contribution in [2.75, 3.05) is 65.0 Å². The predicted molar refractivity (Wildman–Crippen MR) is 186 cm³/mol. The number of urea groups is 1. The van der Waals surface area contributed by atoms with Crippen molar-refractivity contribution in [3.63, 3.8) is 0 Å². The van der Waals surface area contributed by atoms with Crippen LogP contribution in [0.1, 0.15) is 92.4 Å². The number of ether oxygens (including phenoxy) is 3. The molecule has 47 heavy (non-hydrogen) atoms. The SMILES string of the molecule is CCN(C(C)C)C(C)C.O=C(O)CCCC(=O)NCCCOCCOCCOCCCNC(=O)CCCCC1SCC2NC(=O)NC21. The lowest BCUT2D eigenvalue weighted by Gasteiger charge is -2.28. The lowest BCUT2D eigenvalue weighted by molar-refractivity contribution is -0.137. The molecule has 0 aliphatic carbocycles. The van der Waals surface area contributed by atoms with Crippen LogP contribution in [0, 0.1) is 0 Å². The number of carbonyl (C=O) groups is 4. The van der Waals surface area contributed by atoms with Gasteiger partial charge in [0.15, 0.2) is 0 Å². The molecule has 0 aromatic carbocycles. The molecule has 2 heterocycles. The number of nitrogens with one attached hydrogen (secondary N) is 4. The summed E-state index contributed by atoms with van der Waals surface area (Å²) in [5.74, 6) is -0.00156. The van der Waals surface area contributed by atoms with Crippen LogP contribution in [0.4, 0.5) is 4.79 Å². The van der Waals surface area contributed by atoms with Gasteiger partial charge in [0.1, 0.15) is 0 Å². The van der Waals surface area contributed by atoms with E-state index in [2.05, 4.69) is 60.8 Å². The number of fused-ring (bicyclic) bond motifs is 1. The van der Waals surface area contributed by atoms with Gasteiger partial charge in [0.05, 0.1) is 38.5 Å². The van der Waals surface area contributed by atoms with Gasteiger partial charge in [-0.25, -0.2) is 4.79 Å². The van der Waals surface area contributed by atoms with E-state index in [0.29, 0.717) is 89.3 Å². The zero-order valence-corrected chi connectivity index (χ0v) is 30.3. The molecule has 0 bridgehead atoms. The van der Waals surface area contributed by atoms with Crippen LogP contribution in [-0.2, 0) is 28.6 Å². The first-order chi connectivity index (χ1) is 22.5. The number of carbonyl (C=O) groups excluding carboxylic acids is 3. The average Bonchev–Trinajstić information content (AvgIpc) is 3.56. The number of rotatable bonds is 26. The summed E-state index contributed by atoms with van der Waals surface area (Å²) in [6, 6.07) is 1.79. The Morgan fingerprint density at radius 3 is 1.83 bits per heavy atom. The highest BCUT2D eigenvalue weighted by Gasteiger charge is 2.42. The van der Waals surface area contributed by atoms with E-state index >= 15 is 0 Å². The van der Waals surface area contributed by atoms with Crippen molar-refractivity contribution in [1.82, 2.24) is 26.2 Å². The minimum atomic E-state index is -0.892. The summed E-state index contributed by atoms with van der Waals surface area (Å²) in [5, 5.41) is 20.6. The number of unbranched alkanes of at least 4 members (excludes halogenated alkanes) is 1. The lowest BCUT2D eigenvalue weighted by Crippen LogP contribution is -2.36. The molecule has 0 aromatic rings. The summed E-state index contributed by atoms with van der Waals surface area (Å²) < 4.78 is 16.4. The van der Waals surface area contributed by atoms with Gasteiger partial charge in [-0.3, -0.25) is 19.3 Å². The van der Waals surface area contributed by atoms with Crippen molar-refractivity contribution < 1.29 is 38.5 Å². The normalized spacial score (nSPS) is 18.5. The van der Waals surface area contributed by atoms with E-state index in [0.717, 1.165) is 38.0 Å². The largest absolute Gasteiger partial charge is 0.481 e. The molecule has 0 saturated carbocycles. The van der Waals surface area contributed by atoms with Gasteiger partial charge < -0.3 is 40.6 Å². The Morgan fingerprint density at radius 2 is 1.34 bits per heavy atom. The molecule has 4 amide bonds. The fraction of sp³-hybridized carbons (Fsp3) is 0.879. The highest BCUT2D eigenvalue weighted by atomic mass is 32.2. The van der Waals surface area contributed by atoms with Gasteiger partial charge in [-0.05, 0) is 66.3 Å². The third-order valence-corrected chi connectivity index (χ3v) is 9.39. The van der Waals surface area contributed by atoms with Gasteiger partial charge in [0.25, 0.3) is 0 Å². The second-order valence-corrected chi connectivity index (χ2v) is 13.6. The highest BCUT2D eigenvalue weighted by molar-refractivity contribution is 8.00. The predicted octanol–water partition coefficient (Wildman–Crippen LogP) is 3.15. The van der Waals surface area contributed by atoms with Gasteiger partial charge in [0, 0.05) is 68.7 Å². The van der Waals surface area contributed by atoms with E-state index in [-0.39, 0.29) is 42.8 Å². The third kappa shape index (κ3) is 21.5. The van der Waals surface area contributed by atoms with E-state index in [1.807, 2.05) is 11.8 Å². The van der Waals surface area contributed by atoms with Crippen molar-refractivity contribution in [2.45, 2.75) is 122 Å². The molecule has 2 saturated heterocycles. The topological polar surface area (TPSA) is 168 Å². The summed E-state index contributed by atoms with van der Waals surface area (Å²) in [7, 11) is 0. The Kier molecular flexibility index (Phi) is 24.4. The van der Waals surface area contributed by atoms with E-state index < -0.39 is 5.97 Å². The monoisotopic (exact) mass is 689 g/mol. The maximum Gasteiger partial charge on any atom is 0.315 e. The Morgan fingerprint density at radius 1 is 0.809 bits per heavy atom. The fourth-order valence-electron chi connectivity index (χ4n) is 5.52. The molecule has 2 rings (SSSR count). The van der Waals surface area contributed by atoms with Crippen LogP contribution in [0.5, 0.6) is 0 Å². The van der Waals surface area contributed by atoms with Crippen molar-refractivity contribution in [1.29, 1.82) is 0 Å². The van der Waals surface area contributed by atoms with Crippen LogP contribution in [0.2, 0.25) is 0 Å². The number of carboxylic acid groups (broad SMARTS) is 1. The minimum absolute atomic E-state index is 0.00453. The Balaban J connectivity index is 0.00000107. The molecule has 2 aliphatic heterocycles. The summed E-state index contributed by atoms with van der Waals surface area (Å²) in [6.07, 6.45) is 5.38. The van der Waals surface area contributed by atoms with Crippen molar-refractivity contribution in [3.05, 3.63) is 0 Å². The molecule has 13 nitrogen and oxygen atoms in total. The second-order valence-electron chi connectivity index (χ2n) is 12.4. The quantitative estimate of drug-likeness (QED) is 0.0673. The summed E-state index contributed by atoms with van der Waals surface area (Å²) in [5.41, 5.74) is 0. The summed E-state index contributed by atoms with van der Waals surface area (Å²) >= 11 is 1.90. The zero-order valence-electron chi connectivity index (χ0n) is 29.5. The standard InChI is InChI=1S/C25H44N4O8S.C8H19N/c30-21(7-2-1-6-20-24-19(18-38-20)28-25(34)29-24)26-10-4-12-35-14-16-37-17-15-36-13-5-11-27-22(31)8-3-9-23(32)33;1-6-9(7(2)3)8(4)5/h19-20,24H,1-18H2,(H,26,30)(H,27,31)(H,32,33)(H2,28,29,34);7-8H,6H2,1-5H3. The first kappa shape index (κ1) is 42.9. The number of amides is 4. The molecule has 0 aromatic heterocycles. The van der Waals surface area contributed by atoms with E-state index in [1.54, 1.807) is 0 Å². The number of nitrogens with zero attached hydrogens (tertiary/aromatic N) is 1. The molecule has 14 heteroatoms.